The molecule has 0 unspecified atom stereocenters. The Morgan fingerprint density at radius 2 is 2.50 bits per heavy atom. The van der Waals surface area contributed by atoms with E-state index in [1.54, 1.807) is 6.20 Å². The van der Waals surface area contributed by atoms with Crippen LogP contribution in [0.25, 0.3) is 0 Å². The number of rotatable bonds is 4. The molecule has 7 nitrogen and oxygen atoms in total. The van der Waals surface area contributed by atoms with Gasteiger partial charge in [-0.2, -0.15) is 5.10 Å². The first-order chi connectivity index (χ1) is 8.69. The summed E-state index contributed by atoms with van der Waals surface area (Å²) in [6.45, 7) is 0.645. The van der Waals surface area contributed by atoms with E-state index in [9.17, 15) is 9.59 Å². The molecule has 2 heterocycles. The number of nitrogens with one attached hydrogen (secondary N) is 1. The number of nitrogens with zero attached hydrogens (tertiary/aromatic N) is 2. The second-order valence-corrected chi connectivity index (χ2v) is 3.99. The molecule has 98 valence electrons. The van der Waals surface area contributed by atoms with Crippen molar-refractivity contribution in [1.82, 2.24) is 9.78 Å². The molecule has 18 heavy (non-hydrogen) atoms. The predicted molar refractivity (Wildman–Crippen MR) is 61.8 cm³/mol. The zero-order chi connectivity index (χ0) is 13.0. The number of esters is 1. The minimum Gasteiger partial charge on any atom is -0.468 e. The second-order valence-electron chi connectivity index (χ2n) is 3.99. The van der Waals surface area contributed by atoms with Gasteiger partial charge in [0.05, 0.1) is 19.0 Å². The smallest absolute Gasteiger partial charge is 0.327 e. The number of hydrogen-bond donors (Lipinski definition) is 1. The van der Waals surface area contributed by atoms with Gasteiger partial charge in [-0.25, -0.2) is 0 Å². The zero-order valence-corrected chi connectivity index (χ0v) is 10.1. The van der Waals surface area contributed by atoms with Gasteiger partial charge in [0, 0.05) is 12.8 Å². The van der Waals surface area contributed by atoms with Crippen LogP contribution in [0.15, 0.2) is 12.4 Å². The van der Waals surface area contributed by atoms with Crippen molar-refractivity contribution in [2.45, 2.75) is 25.5 Å². The van der Waals surface area contributed by atoms with Crippen LogP contribution in [0, 0.1) is 0 Å². The third kappa shape index (κ3) is 3.07. The number of amides is 1. The van der Waals surface area contributed by atoms with Gasteiger partial charge in [-0.3, -0.25) is 14.3 Å². The van der Waals surface area contributed by atoms with E-state index in [2.05, 4.69) is 15.2 Å². The van der Waals surface area contributed by atoms with E-state index < -0.39 is 5.97 Å². The summed E-state index contributed by atoms with van der Waals surface area (Å²) in [6.07, 6.45) is 4.32. The van der Waals surface area contributed by atoms with Crippen LogP contribution in [-0.2, 0) is 25.6 Å². The molecule has 0 spiro atoms. The average Bonchev–Trinajstić information content (AvgIpc) is 3.00. The Labute approximate surface area is 104 Å². The van der Waals surface area contributed by atoms with Gasteiger partial charge >= 0.3 is 5.97 Å². The van der Waals surface area contributed by atoms with Crippen molar-refractivity contribution in [2.24, 2.45) is 0 Å². The summed E-state index contributed by atoms with van der Waals surface area (Å²) in [4.78, 5) is 22.8. The molecule has 1 aromatic heterocycles. The number of carbonyl (C=O) groups excluding carboxylic acids is 2. The monoisotopic (exact) mass is 253 g/mol. The highest BCUT2D eigenvalue weighted by Crippen LogP contribution is 2.14. The van der Waals surface area contributed by atoms with Crippen molar-refractivity contribution in [2.75, 3.05) is 19.0 Å². The fourth-order valence-electron chi connectivity index (χ4n) is 1.72. The molecule has 2 rings (SSSR count). The van der Waals surface area contributed by atoms with Crippen LogP contribution in [0.3, 0.4) is 0 Å². The molecule has 1 aromatic rings. The summed E-state index contributed by atoms with van der Waals surface area (Å²) in [7, 11) is 1.31. The summed E-state index contributed by atoms with van der Waals surface area (Å²) < 4.78 is 11.2. The third-order valence-corrected chi connectivity index (χ3v) is 2.64. The minimum absolute atomic E-state index is 0.0201. The van der Waals surface area contributed by atoms with E-state index in [0.717, 1.165) is 12.8 Å². The van der Waals surface area contributed by atoms with E-state index in [1.165, 1.54) is 18.0 Å². The van der Waals surface area contributed by atoms with Gasteiger partial charge in [-0.1, -0.05) is 0 Å². The largest absolute Gasteiger partial charge is 0.468 e. The lowest BCUT2D eigenvalue weighted by Gasteiger charge is -2.08. The summed E-state index contributed by atoms with van der Waals surface area (Å²) in [5.74, 6) is -0.569. The van der Waals surface area contributed by atoms with Crippen LogP contribution in [0.5, 0.6) is 0 Å². The molecule has 1 amide bonds. The van der Waals surface area contributed by atoms with Crippen LogP contribution in [-0.4, -0.2) is 41.5 Å². The Bertz CT molecular complexity index is 437. The van der Waals surface area contributed by atoms with Gasteiger partial charge in [0.25, 0.3) is 5.91 Å². The zero-order valence-electron chi connectivity index (χ0n) is 10.1. The lowest BCUT2D eigenvalue weighted by molar-refractivity contribution is -0.141. The minimum atomic E-state index is -0.393. The quantitative estimate of drug-likeness (QED) is 0.774. The summed E-state index contributed by atoms with van der Waals surface area (Å²) in [5.41, 5.74) is 0.541. The molecular weight excluding hydrogens is 238 g/mol. The third-order valence-electron chi connectivity index (χ3n) is 2.64. The Hall–Kier alpha value is -1.89. The number of anilines is 1. The Kier molecular flexibility index (Phi) is 3.93. The maximum Gasteiger partial charge on any atom is 0.327 e. The highest BCUT2D eigenvalue weighted by atomic mass is 16.5. The highest BCUT2D eigenvalue weighted by molar-refractivity contribution is 5.94. The molecule has 1 aliphatic rings. The van der Waals surface area contributed by atoms with E-state index in [0.29, 0.717) is 12.3 Å². The molecule has 0 radical (unpaired) electrons. The number of ether oxygens (including phenoxy) is 2. The van der Waals surface area contributed by atoms with Gasteiger partial charge in [0.2, 0.25) is 0 Å². The molecule has 0 saturated carbocycles. The Morgan fingerprint density at radius 3 is 3.17 bits per heavy atom. The molecule has 1 saturated heterocycles. The molecule has 1 aliphatic heterocycles. The van der Waals surface area contributed by atoms with Gasteiger partial charge in [0.1, 0.15) is 12.6 Å². The van der Waals surface area contributed by atoms with Gasteiger partial charge in [-0.15, -0.1) is 0 Å². The first kappa shape index (κ1) is 12.6. The molecule has 0 aliphatic carbocycles. The Balaban J connectivity index is 1.89. The molecule has 1 fully saturated rings. The van der Waals surface area contributed by atoms with Gasteiger partial charge < -0.3 is 14.8 Å². The normalized spacial score (nSPS) is 18.6. The number of hydrogen-bond acceptors (Lipinski definition) is 5. The lowest BCUT2D eigenvalue weighted by Crippen LogP contribution is -2.26. The van der Waals surface area contributed by atoms with Crippen molar-refractivity contribution in [1.29, 1.82) is 0 Å². The fourth-order valence-corrected chi connectivity index (χ4v) is 1.72. The molecule has 7 heteroatoms. The topological polar surface area (TPSA) is 82.5 Å². The highest BCUT2D eigenvalue weighted by Gasteiger charge is 2.23. The van der Waals surface area contributed by atoms with E-state index in [-0.39, 0.29) is 18.6 Å². The first-order valence-electron chi connectivity index (χ1n) is 5.71. The lowest BCUT2D eigenvalue weighted by atomic mass is 10.2. The molecule has 0 aromatic carbocycles. The summed E-state index contributed by atoms with van der Waals surface area (Å²) in [5, 5.41) is 6.64. The number of aromatic nitrogens is 2. The molecule has 1 N–H and O–H groups in total. The van der Waals surface area contributed by atoms with Crippen LogP contribution >= 0.6 is 0 Å². The number of carbonyl (C=O) groups is 2. The van der Waals surface area contributed by atoms with Crippen molar-refractivity contribution in [3.8, 4) is 0 Å². The number of methoxy groups -OCH3 is 1. The second kappa shape index (κ2) is 5.63. The van der Waals surface area contributed by atoms with Crippen LogP contribution in [0.2, 0.25) is 0 Å². The average molecular weight is 253 g/mol. The maximum absolute atomic E-state index is 11.7. The standard InChI is InChI=1S/C11H15N3O4/c1-17-10(15)7-14-6-8(5-12-14)13-11(16)9-3-2-4-18-9/h5-6,9H,2-4,7H2,1H3,(H,13,16)/t9-/m1/s1. The summed E-state index contributed by atoms with van der Waals surface area (Å²) >= 11 is 0. The van der Waals surface area contributed by atoms with Crippen LogP contribution in [0.4, 0.5) is 5.69 Å². The SMILES string of the molecule is COC(=O)Cn1cc(NC(=O)[C@H]2CCCO2)cn1. The van der Waals surface area contributed by atoms with Crippen molar-refractivity contribution < 1.29 is 19.1 Å². The molecular formula is C11H15N3O4. The van der Waals surface area contributed by atoms with Gasteiger partial charge in [-0.05, 0) is 12.8 Å². The first-order valence-corrected chi connectivity index (χ1v) is 5.71. The van der Waals surface area contributed by atoms with E-state index >= 15 is 0 Å². The summed E-state index contributed by atoms with van der Waals surface area (Å²) in [6, 6.07) is 0. The van der Waals surface area contributed by atoms with Gasteiger partial charge in [0.15, 0.2) is 0 Å². The van der Waals surface area contributed by atoms with Crippen LogP contribution < -0.4 is 5.32 Å². The predicted octanol–water partition coefficient (Wildman–Crippen LogP) is 0.174. The Morgan fingerprint density at radius 1 is 1.67 bits per heavy atom. The molecule has 1 atom stereocenters. The molecule has 0 bridgehead atoms. The van der Waals surface area contributed by atoms with E-state index in [1.807, 2.05) is 0 Å². The van der Waals surface area contributed by atoms with Crippen molar-refractivity contribution in [3.05, 3.63) is 12.4 Å². The van der Waals surface area contributed by atoms with Crippen LogP contribution in [0.1, 0.15) is 12.8 Å². The van der Waals surface area contributed by atoms with Crippen molar-refractivity contribution in [3.63, 3.8) is 0 Å². The van der Waals surface area contributed by atoms with Crippen molar-refractivity contribution >= 4 is 17.6 Å². The fraction of sp³-hybridized carbons (Fsp3) is 0.545. The van der Waals surface area contributed by atoms with E-state index in [4.69, 9.17) is 4.74 Å². The maximum atomic E-state index is 11.7.